The van der Waals surface area contributed by atoms with Gasteiger partial charge >= 0.3 is 0 Å². The van der Waals surface area contributed by atoms with E-state index < -0.39 is 5.82 Å². The van der Waals surface area contributed by atoms with E-state index in [-0.39, 0.29) is 23.6 Å². The number of hydrogen-bond acceptors (Lipinski definition) is 4. The first-order valence-electron chi connectivity index (χ1n) is 8.95. The summed E-state index contributed by atoms with van der Waals surface area (Å²) in [6, 6.07) is 9.55. The van der Waals surface area contributed by atoms with Gasteiger partial charge in [-0.2, -0.15) is 5.10 Å². The number of pyridine rings is 2. The maximum atomic E-state index is 13.9. The predicted molar refractivity (Wildman–Crippen MR) is 107 cm³/mol. The summed E-state index contributed by atoms with van der Waals surface area (Å²) in [5.74, 6) is -0.916. The van der Waals surface area contributed by atoms with Crippen molar-refractivity contribution in [2.45, 2.75) is 6.54 Å². The molecule has 8 heteroatoms. The molecule has 1 aromatic carbocycles. The molecule has 1 N–H and O–H groups in total. The smallest absolute Gasteiger partial charge is 0.260 e. The number of nitrogens with zero attached hydrogens (tertiary/aromatic N) is 4. The Labute approximate surface area is 165 Å². The number of carbonyl (C=O) groups is 1. The molecule has 0 aliphatic rings. The fraction of sp³-hybridized carbons (Fsp3) is 0.143. The van der Waals surface area contributed by atoms with Gasteiger partial charge in [0.2, 0.25) is 0 Å². The molecule has 0 aliphatic heterocycles. The quantitative estimate of drug-likeness (QED) is 0.579. The third-order valence-corrected chi connectivity index (χ3v) is 4.74. The van der Waals surface area contributed by atoms with Gasteiger partial charge in [-0.15, -0.1) is 0 Å². The second-order valence-electron chi connectivity index (χ2n) is 6.67. The van der Waals surface area contributed by atoms with Crippen LogP contribution in [0, 0.1) is 5.82 Å². The zero-order valence-corrected chi connectivity index (χ0v) is 15.9. The lowest BCUT2D eigenvalue weighted by molar-refractivity contribution is 0.0962. The van der Waals surface area contributed by atoms with Crippen LogP contribution in [0.4, 0.5) is 4.39 Å². The van der Waals surface area contributed by atoms with Gasteiger partial charge in [-0.05, 0) is 47.3 Å². The van der Waals surface area contributed by atoms with Crippen molar-refractivity contribution in [2.75, 3.05) is 7.05 Å². The number of benzene rings is 1. The molecule has 0 bridgehead atoms. The Morgan fingerprint density at radius 3 is 2.76 bits per heavy atom. The van der Waals surface area contributed by atoms with Crippen molar-refractivity contribution in [3.8, 4) is 11.4 Å². The largest absolute Gasteiger partial charge is 0.355 e. The molecule has 0 spiro atoms. The Hall–Kier alpha value is -3.81. The van der Waals surface area contributed by atoms with Gasteiger partial charge in [-0.25, -0.2) is 4.39 Å². The van der Waals surface area contributed by atoms with Crippen molar-refractivity contribution < 1.29 is 9.18 Å². The minimum atomic E-state index is -0.530. The third-order valence-electron chi connectivity index (χ3n) is 4.74. The second kappa shape index (κ2) is 7.31. The van der Waals surface area contributed by atoms with E-state index in [0.29, 0.717) is 10.9 Å². The van der Waals surface area contributed by atoms with Crippen LogP contribution in [0.15, 0.2) is 59.8 Å². The average molecular weight is 391 g/mol. The monoisotopic (exact) mass is 391 g/mol. The Kier molecular flexibility index (Phi) is 4.67. The van der Waals surface area contributed by atoms with E-state index in [1.807, 2.05) is 25.2 Å². The normalized spacial score (nSPS) is 11.0. The highest BCUT2D eigenvalue weighted by Crippen LogP contribution is 2.20. The Morgan fingerprint density at radius 1 is 1.21 bits per heavy atom. The molecule has 0 radical (unpaired) electrons. The summed E-state index contributed by atoms with van der Waals surface area (Å²) in [5.41, 5.74) is 2.05. The highest BCUT2D eigenvalue weighted by Gasteiger charge is 2.11. The first-order valence-corrected chi connectivity index (χ1v) is 8.95. The lowest BCUT2D eigenvalue weighted by atomic mass is 10.1. The minimum Gasteiger partial charge on any atom is -0.355 e. The van der Waals surface area contributed by atoms with Crippen LogP contribution in [0.2, 0.25) is 0 Å². The van der Waals surface area contributed by atoms with Crippen molar-refractivity contribution >= 4 is 16.7 Å². The van der Waals surface area contributed by atoms with Gasteiger partial charge in [0.1, 0.15) is 5.82 Å². The average Bonchev–Trinajstić information content (AvgIpc) is 3.14. The van der Waals surface area contributed by atoms with E-state index in [0.717, 1.165) is 22.8 Å². The second-order valence-corrected chi connectivity index (χ2v) is 6.67. The fourth-order valence-electron chi connectivity index (χ4n) is 3.28. The number of aryl methyl sites for hydroxylation is 1. The van der Waals surface area contributed by atoms with Crippen LogP contribution in [0.1, 0.15) is 15.9 Å². The minimum absolute atomic E-state index is 0.139. The van der Waals surface area contributed by atoms with Gasteiger partial charge in [-0.1, -0.05) is 0 Å². The molecule has 3 aromatic heterocycles. The van der Waals surface area contributed by atoms with E-state index in [2.05, 4.69) is 15.4 Å². The Balaban J connectivity index is 1.72. The fourth-order valence-corrected chi connectivity index (χ4v) is 3.28. The van der Waals surface area contributed by atoms with Crippen molar-refractivity contribution in [2.24, 2.45) is 7.05 Å². The van der Waals surface area contributed by atoms with Gasteiger partial charge in [0, 0.05) is 38.2 Å². The first kappa shape index (κ1) is 18.5. The molecule has 4 aromatic rings. The maximum absolute atomic E-state index is 13.9. The van der Waals surface area contributed by atoms with Crippen molar-refractivity contribution in [3.63, 3.8) is 0 Å². The van der Waals surface area contributed by atoms with Crippen LogP contribution in [-0.4, -0.2) is 32.3 Å². The molecule has 29 heavy (non-hydrogen) atoms. The zero-order chi connectivity index (χ0) is 20.5. The van der Waals surface area contributed by atoms with Crippen LogP contribution in [0.25, 0.3) is 22.2 Å². The first-order chi connectivity index (χ1) is 14.0. The SMILES string of the molecule is CNC(=O)c1cc(F)cc(Cn2ccc3cc(-c4ccnn4C)ncc3c2=O)c1. The van der Waals surface area contributed by atoms with Crippen molar-refractivity contribution in [3.05, 3.63) is 82.3 Å². The van der Waals surface area contributed by atoms with Crippen LogP contribution in [0.3, 0.4) is 0 Å². The van der Waals surface area contributed by atoms with Crippen molar-refractivity contribution in [1.82, 2.24) is 24.6 Å². The van der Waals surface area contributed by atoms with E-state index >= 15 is 0 Å². The summed E-state index contributed by atoms with van der Waals surface area (Å²) >= 11 is 0. The van der Waals surface area contributed by atoms with Crippen molar-refractivity contribution in [1.29, 1.82) is 0 Å². The number of nitrogens with one attached hydrogen (secondary N) is 1. The van der Waals surface area contributed by atoms with Crippen LogP contribution in [-0.2, 0) is 13.6 Å². The molecule has 0 saturated heterocycles. The topological polar surface area (TPSA) is 81.8 Å². The lowest BCUT2D eigenvalue weighted by Crippen LogP contribution is -2.21. The van der Waals surface area contributed by atoms with E-state index in [1.165, 1.54) is 23.9 Å². The number of carbonyl (C=O) groups excluding carboxylic acids is 1. The molecular weight excluding hydrogens is 373 g/mol. The molecular formula is C21H18FN5O2. The van der Waals surface area contributed by atoms with Gasteiger partial charge < -0.3 is 9.88 Å². The zero-order valence-electron chi connectivity index (χ0n) is 15.9. The lowest BCUT2D eigenvalue weighted by Gasteiger charge is -2.10. The summed E-state index contributed by atoms with van der Waals surface area (Å²) in [6.45, 7) is 0.139. The number of amides is 1. The van der Waals surface area contributed by atoms with Gasteiger partial charge in [0.25, 0.3) is 11.5 Å². The number of rotatable bonds is 4. The summed E-state index contributed by atoms with van der Waals surface area (Å²) in [6.07, 6.45) is 4.88. The highest BCUT2D eigenvalue weighted by molar-refractivity contribution is 5.94. The van der Waals surface area contributed by atoms with E-state index in [9.17, 15) is 14.0 Å². The predicted octanol–water partition coefficient (Wildman–Crippen LogP) is 2.34. The number of fused-ring (bicyclic) bond motifs is 1. The highest BCUT2D eigenvalue weighted by atomic mass is 19.1. The summed E-state index contributed by atoms with van der Waals surface area (Å²) in [7, 11) is 3.30. The molecule has 0 fully saturated rings. The molecule has 0 saturated carbocycles. The number of halogens is 1. The molecule has 0 atom stereocenters. The molecule has 7 nitrogen and oxygen atoms in total. The van der Waals surface area contributed by atoms with E-state index in [1.54, 1.807) is 23.1 Å². The van der Waals surface area contributed by atoms with Crippen LogP contribution in [0.5, 0.6) is 0 Å². The molecule has 3 heterocycles. The number of aromatic nitrogens is 4. The molecule has 146 valence electrons. The van der Waals surface area contributed by atoms with Crippen LogP contribution >= 0.6 is 0 Å². The summed E-state index contributed by atoms with van der Waals surface area (Å²) < 4.78 is 17.1. The molecule has 4 rings (SSSR count). The Bertz CT molecular complexity index is 1290. The van der Waals surface area contributed by atoms with Gasteiger partial charge in [0.15, 0.2) is 0 Å². The summed E-state index contributed by atoms with van der Waals surface area (Å²) in [5, 5.41) is 7.82. The third kappa shape index (κ3) is 3.52. The molecule has 0 unspecified atom stereocenters. The van der Waals surface area contributed by atoms with E-state index in [4.69, 9.17) is 0 Å². The standard InChI is InChI=1S/C21H18FN5O2/c1-23-20(28)15-7-13(8-16(22)9-15)12-27-6-4-14-10-18(19-3-5-25-26(19)2)24-11-17(14)21(27)29/h3-11H,12H2,1-2H3,(H,23,28). The number of hydrogen-bond donors (Lipinski definition) is 1. The summed E-state index contributed by atoms with van der Waals surface area (Å²) in [4.78, 5) is 29.1. The Morgan fingerprint density at radius 2 is 2.03 bits per heavy atom. The van der Waals surface area contributed by atoms with Gasteiger partial charge in [0.05, 0.1) is 23.3 Å². The van der Waals surface area contributed by atoms with Crippen LogP contribution < -0.4 is 10.9 Å². The maximum Gasteiger partial charge on any atom is 0.260 e. The molecule has 0 aliphatic carbocycles. The van der Waals surface area contributed by atoms with Gasteiger partial charge in [-0.3, -0.25) is 19.3 Å². The molecule has 1 amide bonds.